The summed E-state index contributed by atoms with van der Waals surface area (Å²) in [5, 5.41) is 18.6. The Morgan fingerprint density at radius 3 is 1.68 bits per heavy atom. The van der Waals surface area contributed by atoms with E-state index in [1.54, 1.807) is 12.1 Å². The van der Waals surface area contributed by atoms with Crippen molar-refractivity contribution in [3.8, 4) is 11.5 Å². The van der Waals surface area contributed by atoms with Gasteiger partial charge in [0, 0.05) is 5.41 Å². The Balaban J connectivity index is 2.03. The molecule has 4 nitrogen and oxygen atoms in total. The summed E-state index contributed by atoms with van der Waals surface area (Å²) in [5.41, 5.74) is 1.76. The number of aliphatic hydroxyl groups is 2. The van der Waals surface area contributed by atoms with Crippen molar-refractivity contribution < 1.29 is 28.5 Å². The third-order valence-corrected chi connectivity index (χ3v) is 4.84. The van der Waals surface area contributed by atoms with Crippen molar-refractivity contribution in [3.05, 3.63) is 59.7 Å². The molecule has 154 valence electrons. The third-order valence-electron chi connectivity index (χ3n) is 4.48. The quantitative estimate of drug-likeness (QED) is 0.577. The highest BCUT2D eigenvalue weighted by Crippen LogP contribution is 2.33. The fourth-order valence-corrected chi connectivity index (χ4v) is 2.68. The molecule has 0 saturated heterocycles. The molecule has 0 aliphatic heterocycles. The zero-order valence-corrected chi connectivity index (χ0v) is 16.6. The first-order chi connectivity index (χ1) is 13.2. The lowest BCUT2D eigenvalue weighted by Crippen LogP contribution is -2.25. The SMILES string of the molecule is CC(C)(c1ccc(OC[C@H](O)CCl)cc1)c1ccc(OC[C@H](O)C(F)F)cc1. The summed E-state index contributed by atoms with van der Waals surface area (Å²) >= 11 is 5.55. The number of aliphatic hydroxyl groups excluding tert-OH is 2. The summed E-state index contributed by atoms with van der Waals surface area (Å²) in [6.45, 7) is 3.81. The van der Waals surface area contributed by atoms with E-state index in [0.29, 0.717) is 11.5 Å². The van der Waals surface area contributed by atoms with Gasteiger partial charge in [-0.2, -0.15) is 0 Å². The van der Waals surface area contributed by atoms with Crippen molar-refractivity contribution in [2.24, 2.45) is 0 Å². The Morgan fingerprint density at radius 2 is 1.29 bits per heavy atom. The van der Waals surface area contributed by atoms with Crippen LogP contribution in [0.5, 0.6) is 11.5 Å². The Morgan fingerprint density at radius 1 is 0.857 bits per heavy atom. The van der Waals surface area contributed by atoms with Crippen LogP contribution in [0.4, 0.5) is 8.78 Å². The predicted molar refractivity (Wildman–Crippen MR) is 105 cm³/mol. The molecule has 0 radical (unpaired) electrons. The van der Waals surface area contributed by atoms with Gasteiger partial charge in [0.1, 0.15) is 36.9 Å². The predicted octanol–water partition coefficient (Wildman–Crippen LogP) is 4.00. The van der Waals surface area contributed by atoms with Crippen LogP contribution in [0.1, 0.15) is 25.0 Å². The Kier molecular flexibility index (Phi) is 8.04. The Bertz CT molecular complexity index is 720. The van der Waals surface area contributed by atoms with Crippen LogP contribution in [0, 0.1) is 0 Å². The van der Waals surface area contributed by atoms with Crippen LogP contribution in [-0.2, 0) is 5.41 Å². The van der Waals surface area contributed by atoms with E-state index >= 15 is 0 Å². The van der Waals surface area contributed by atoms with Gasteiger partial charge in [-0.05, 0) is 35.4 Å². The van der Waals surface area contributed by atoms with Crippen LogP contribution in [0.25, 0.3) is 0 Å². The minimum Gasteiger partial charge on any atom is -0.491 e. The minimum atomic E-state index is -2.83. The minimum absolute atomic E-state index is 0.117. The van der Waals surface area contributed by atoms with Gasteiger partial charge in [0.15, 0.2) is 0 Å². The van der Waals surface area contributed by atoms with Gasteiger partial charge >= 0.3 is 0 Å². The fraction of sp³-hybridized carbons (Fsp3) is 0.429. The van der Waals surface area contributed by atoms with E-state index in [0.717, 1.165) is 11.1 Å². The standard InChI is InChI=1S/C21H25ClF2O4/c1-21(2,14-3-7-17(8-4-14)27-12-16(25)11-22)15-5-9-18(10-6-15)28-13-19(26)20(23)24/h3-10,16,19-20,25-26H,11-13H2,1-2H3/t16-,19+/m1/s1. The van der Waals surface area contributed by atoms with Gasteiger partial charge in [-0.15, -0.1) is 11.6 Å². The molecule has 0 aliphatic rings. The van der Waals surface area contributed by atoms with E-state index < -0.39 is 25.2 Å². The van der Waals surface area contributed by atoms with Gasteiger partial charge in [-0.3, -0.25) is 0 Å². The van der Waals surface area contributed by atoms with Gasteiger partial charge in [0.05, 0.1) is 5.88 Å². The average molecular weight is 415 g/mol. The largest absolute Gasteiger partial charge is 0.491 e. The van der Waals surface area contributed by atoms with Gasteiger partial charge in [0.25, 0.3) is 6.43 Å². The topological polar surface area (TPSA) is 58.9 Å². The molecule has 28 heavy (non-hydrogen) atoms. The van der Waals surface area contributed by atoms with E-state index in [2.05, 4.69) is 13.8 Å². The molecule has 0 heterocycles. The van der Waals surface area contributed by atoms with E-state index in [1.807, 2.05) is 36.4 Å². The van der Waals surface area contributed by atoms with Crippen LogP contribution in [0.2, 0.25) is 0 Å². The highest BCUT2D eigenvalue weighted by molar-refractivity contribution is 6.18. The lowest BCUT2D eigenvalue weighted by atomic mass is 9.78. The van der Waals surface area contributed by atoms with Gasteiger partial charge in [0.2, 0.25) is 0 Å². The van der Waals surface area contributed by atoms with Crippen LogP contribution in [0.3, 0.4) is 0 Å². The van der Waals surface area contributed by atoms with E-state index in [-0.39, 0.29) is 17.9 Å². The number of ether oxygens (including phenoxy) is 2. The van der Waals surface area contributed by atoms with Crippen molar-refractivity contribution in [1.29, 1.82) is 0 Å². The van der Waals surface area contributed by atoms with Gasteiger partial charge in [-0.1, -0.05) is 38.1 Å². The smallest absolute Gasteiger partial charge is 0.267 e. The molecule has 0 amide bonds. The summed E-state index contributed by atoms with van der Waals surface area (Å²) in [4.78, 5) is 0. The third kappa shape index (κ3) is 6.06. The molecule has 0 spiro atoms. The number of alkyl halides is 3. The van der Waals surface area contributed by atoms with Crippen molar-refractivity contribution >= 4 is 11.6 Å². The molecule has 2 aromatic rings. The van der Waals surface area contributed by atoms with Crippen LogP contribution in [0.15, 0.2) is 48.5 Å². The molecule has 2 N–H and O–H groups in total. The summed E-state index contributed by atoms with van der Waals surface area (Å²) < 4.78 is 35.3. The summed E-state index contributed by atoms with van der Waals surface area (Å²) in [7, 11) is 0. The number of hydrogen-bond donors (Lipinski definition) is 2. The number of benzene rings is 2. The summed E-state index contributed by atoms with van der Waals surface area (Å²) in [6, 6.07) is 14.7. The van der Waals surface area contributed by atoms with E-state index in [1.165, 1.54) is 0 Å². The highest BCUT2D eigenvalue weighted by Gasteiger charge is 2.23. The molecule has 7 heteroatoms. The average Bonchev–Trinajstić information content (AvgIpc) is 2.70. The van der Waals surface area contributed by atoms with Crippen molar-refractivity contribution in [1.82, 2.24) is 0 Å². The summed E-state index contributed by atoms with van der Waals surface area (Å²) in [5.74, 6) is 1.18. The van der Waals surface area contributed by atoms with Crippen LogP contribution < -0.4 is 9.47 Å². The molecule has 0 unspecified atom stereocenters. The van der Waals surface area contributed by atoms with Crippen molar-refractivity contribution in [3.63, 3.8) is 0 Å². The van der Waals surface area contributed by atoms with Crippen molar-refractivity contribution in [2.45, 2.75) is 37.9 Å². The Hall–Kier alpha value is -1.89. The first-order valence-electron chi connectivity index (χ1n) is 8.91. The normalized spacial score (nSPS) is 14.0. The van der Waals surface area contributed by atoms with Crippen LogP contribution >= 0.6 is 11.6 Å². The molecule has 2 atom stereocenters. The second-order valence-electron chi connectivity index (χ2n) is 7.01. The zero-order chi connectivity index (χ0) is 20.7. The van der Waals surface area contributed by atoms with E-state index in [9.17, 15) is 13.9 Å². The lowest BCUT2D eigenvalue weighted by Gasteiger charge is -2.26. The van der Waals surface area contributed by atoms with Crippen molar-refractivity contribution in [2.75, 3.05) is 19.1 Å². The molecule has 0 aliphatic carbocycles. The second kappa shape index (κ2) is 10.0. The lowest BCUT2D eigenvalue weighted by molar-refractivity contribution is -0.0283. The first-order valence-corrected chi connectivity index (χ1v) is 9.44. The molecule has 0 aromatic heterocycles. The highest BCUT2D eigenvalue weighted by atomic mass is 35.5. The second-order valence-corrected chi connectivity index (χ2v) is 7.31. The molecule has 0 bridgehead atoms. The maximum atomic E-state index is 12.3. The Labute approximate surface area is 168 Å². The molecule has 2 aromatic carbocycles. The monoisotopic (exact) mass is 414 g/mol. The maximum absolute atomic E-state index is 12.3. The van der Waals surface area contributed by atoms with Gasteiger partial charge in [-0.25, -0.2) is 8.78 Å². The molecule has 0 fully saturated rings. The number of hydrogen-bond acceptors (Lipinski definition) is 4. The molecule has 0 saturated carbocycles. The first kappa shape index (κ1) is 22.4. The fourth-order valence-electron chi connectivity index (χ4n) is 2.59. The molecule has 2 rings (SSSR count). The number of rotatable bonds is 10. The van der Waals surface area contributed by atoms with E-state index in [4.69, 9.17) is 26.2 Å². The van der Waals surface area contributed by atoms with Gasteiger partial charge < -0.3 is 19.7 Å². The molecular formula is C21H25ClF2O4. The zero-order valence-electron chi connectivity index (χ0n) is 15.8. The summed E-state index contributed by atoms with van der Waals surface area (Å²) in [6.07, 6.45) is -5.34. The maximum Gasteiger partial charge on any atom is 0.267 e. The number of halogens is 3. The molecular weight excluding hydrogens is 390 g/mol. The van der Waals surface area contributed by atoms with Crippen LogP contribution in [-0.4, -0.2) is 47.9 Å².